The number of rotatable bonds is 3. The zero-order valence-electron chi connectivity index (χ0n) is 7.62. The monoisotopic (exact) mass is 256 g/mol. The maximum absolute atomic E-state index is 12.3. The molecule has 0 atom stereocenters. The molecule has 0 rings (SSSR count). The summed E-state index contributed by atoms with van der Waals surface area (Å²) in [6, 6.07) is 0. The molecule has 0 aliphatic heterocycles. The molecule has 0 heterocycles. The van der Waals surface area contributed by atoms with Crippen LogP contribution >= 0.6 is 0 Å². The second-order valence-electron chi connectivity index (χ2n) is 2.29. The Kier molecular flexibility index (Phi) is 4.66. The van der Waals surface area contributed by atoms with Crippen molar-refractivity contribution in [3.63, 3.8) is 0 Å². The Balaban J connectivity index is 4.56. The van der Waals surface area contributed by atoms with Gasteiger partial charge in [0.15, 0.2) is 0 Å². The zero-order chi connectivity index (χ0) is 13.8. The molecule has 9 nitrogen and oxygen atoms in total. The molecule has 0 fully saturated rings. The molecule has 0 aromatic rings. The van der Waals surface area contributed by atoms with Crippen LogP contribution in [0.25, 0.3) is 0 Å². The van der Waals surface area contributed by atoms with E-state index in [1.165, 1.54) is 0 Å². The summed E-state index contributed by atoms with van der Waals surface area (Å²) in [5, 5.41) is 23.9. The Morgan fingerprint density at radius 2 is 1.53 bits per heavy atom. The lowest BCUT2D eigenvalue weighted by atomic mass is 10.3. The third-order valence-corrected chi connectivity index (χ3v) is 1.09. The number of ether oxygens (including phenoxy) is 1. The highest BCUT2D eigenvalue weighted by atomic mass is 19.3. The Labute approximate surface area is 90.7 Å². The van der Waals surface area contributed by atoms with Crippen LogP contribution in [0.3, 0.4) is 0 Å². The fraction of sp³-hybridized carbons (Fsp3) is 0.200. The first-order valence-electron chi connectivity index (χ1n) is 3.53. The van der Waals surface area contributed by atoms with Crippen LogP contribution in [0.1, 0.15) is 0 Å². The van der Waals surface area contributed by atoms with Crippen LogP contribution < -0.4 is 0 Å². The van der Waals surface area contributed by atoms with Gasteiger partial charge in [-0.05, 0) is 0 Å². The predicted molar refractivity (Wildman–Crippen MR) is 40.0 cm³/mol. The molecular weight excluding hydrogens is 253 g/mol. The van der Waals surface area contributed by atoms with E-state index in [-0.39, 0.29) is 0 Å². The Hall–Kier alpha value is -2.08. The Morgan fingerprint density at radius 3 is 1.88 bits per heavy atom. The van der Waals surface area contributed by atoms with E-state index in [9.17, 15) is 28.0 Å². The largest absolute Gasteiger partial charge is 0.709 e. The van der Waals surface area contributed by atoms with Gasteiger partial charge in [-0.3, -0.25) is 0 Å². The van der Waals surface area contributed by atoms with Gasteiger partial charge in [0.2, 0.25) is 0 Å². The highest BCUT2D eigenvalue weighted by molar-refractivity contribution is 6.44. The summed E-state index contributed by atoms with van der Waals surface area (Å²) in [5.41, 5.74) is 0. The number of aliphatic carboxylic acids is 1. The van der Waals surface area contributed by atoms with E-state index in [1.807, 2.05) is 0 Å². The number of hydrogen-bond acceptors (Lipinski definition) is 8. The molecule has 0 aliphatic rings. The van der Waals surface area contributed by atoms with Gasteiger partial charge in [-0.1, -0.05) is 0 Å². The lowest BCUT2D eigenvalue weighted by molar-refractivity contribution is -0.191. The minimum atomic E-state index is -5.03. The second-order valence-corrected chi connectivity index (χ2v) is 2.29. The first kappa shape index (κ1) is 14.9. The fourth-order valence-corrected chi connectivity index (χ4v) is 0.421. The normalized spacial score (nSPS) is 10.4. The number of carboxylic acid groups (broad SMARTS) is 1. The standard InChI is InChI=1S/C5H3BF2O9/c7-5(8,3(11)12)4(13)16-1(9)2(10)17-6(14)15/h14-15H,(H,11,12). The third-order valence-electron chi connectivity index (χ3n) is 1.09. The molecule has 0 spiro atoms. The number of carbonyl (C=O) groups excluding carboxylic acids is 3. The number of hydrogen-bond donors (Lipinski definition) is 3. The van der Waals surface area contributed by atoms with E-state index in [0.717, 1.165) is 0 Å². The smallest absolute Gasteiger partial charge is 0.476 e. The SMILES string of the molecule is O=C(OB(O)O)C(=O)OC(=O)C(F)(F)C(=O)O. The van der Waals surface area contributed by atoms with E-state index in [1.54, 1.807) is 0 Å². The van der Waals surface area contributed by atoms with Crippen molar-refractivity contribution >= 4 is 31.2 Å². The van der Waals surface area contributed by atoms with Crippen molar-refractivity contribution in [1.82, 2.24) is 0 Å². The lowest BCUT2D eigenvalue weighted by Gasteiger charge is -2.08. The van der Waals surface area contributed by atoms with Crippen LogP contribution in [0.4, 0.5) is 8.78 Å². The van der Waals surface area contributed by atoms with Gasteiger partial charge in [0.1, 0.15) is 0 Å². The molecule has 0 saturated heterocycles. The molecule has 0 radical (unpaired) electrons. The van der Waals surface area contributed by atoms with E-state index in [4.69, 9.17) is 15.2 Å². The van der Waals surface area contributed by atoms with Crippen LogP contribution in [-0.4, -0.2) is 52.3 Å². The Bertz CT molecular complexity index is 364. The summed E-state index contributed by atoms with van der Waals surface area (Å²) in [4.78, 5) is 41.2. The minimum Gasteiger partial charge on any atom is -0.476 e. The van der Waals surface area contributed by atoms with Crippen LogP contribution in [-0.2, 0) is 28.6 Å². The minimum absolute atomic E-state index is 2.17. The fourth-order valence-electron chi connectivity index (χ4n) is 0.421. The van der Waals surface area contributed by atoms with Crippen LogP contribution in [0.2, 0.25) is 0 Å². The highest BCUT2D eigenvalue weighted by Gasteiger charge is 2.51. The van der Waals surface area contributed by atoms with Crippen molar-refractivity contribution in [1.29, 1.82) is 0 Å². The second kappa shape index (κ2) is 5.31. The zero-order valence-corrected chi connectivity index (χ0v) is 7.62. The summed E-state index contributed by atoms with van der Waals surface area (Å²) < 4.78 is 31.2. The van der Waals surface area contributed by atoms with Crippen LogP contribution in [0.5, 0.6) is 0 Å². The predicted octanol–water partition coefficient (Wildman–Crippen LogP) is -2.71. The first-order chi connectivity index (χ1) is 7.59. The molecule has 3 N–H and O–H groups in total. The van der Waals surface area contributed by atoms with Gasteiger partial charge >= 0.3 is 37.1 Å². The molecule has 0 amide bonds. The highest BCUT2D eigenvalue weighted by Crippen LogP contribution is 2.15. The number of carboxylic acids is 1. The lowest BCUT2D eigenvalue weighted by Crippen LogP contribution is -2.42. The summed E-state index contributed by atoms with van der Waals surface area (Å²) in [5.74, 6) is -15.3. The van der Waals surface area contributed by atoms with Crippen molar-refractivity contribution in [2.75, 3.05) is 0 Å². The first-order valence-corrected chi connectivity index (χ1v) is 3.53. The quantitative estimate of drug-likeness (QED) is 0.212. The summed E-state index contributed by atoms with van der Waals surface area (Å²) >= 11 is 0. The van der Waals surface area contributed by atoms with Crippen molar-refractivity contribution in [3.05, 3.63) is 0 Å². The molecule has 0 unspecified atom stereocenters. The number of esters is 2. The maximum Gasteiger partial charge on any atom is 0.709 e. The van der Waals surface area contributed by atoms with Gasteiger partial charge in [-0.25, -0.2) is 19.2 Å². The molecule has 94 valence electrons. The van der Waals surface area contributed by atoms with Gasteiger partial charge in [0, 0.05) is 0 Å². The molecule has 17 heavy (non-hydrogen) atoms. The summed E-state index contributed by atoms with van der Waals surface area (Å²) in [7, 11) is -2.73. The van der Waals surface area contributed by atoms with Crippen LogP contribution in [0.15, 0.2) is 0 Å². The molecule has 12 heteroatoms. The van der Waals surface area contributed by atoms with E-state index < -0.39 is 37.1 Å². The van der Waals surface area contributed by atoms with Gasteiger partial charge in [0.05, 0.1) is 0 Å². The van der Waals surface area contributed by atoms with Gasteiger partial charge in [-0.15, -0.1) is 0 Å². The van der Waals surface area contributed by atoms with Crippen molar-refractivity contribution in [2.24, 2.45) is 0 Å². The number of alkyl halides is 2. The third kappa shape index (κ3) is 4.12. The number of carbonyl (C=O) groups is 4. The van der Waals surface area contributed by atoms with Crippen molar-refractivity contribution in [2.45, 2.75) is 5.92 Å². The average molecular weight is 256 g/mol. The summed E-state index contributed by atoms with van der Waals surface area (Å²) in [6.45, 7) is 0. The maximum atomic E-state index is 12.3. The molecule has 0 aromatic carbocycles. The van der Waals surface area contributed by atoms with Crippen LogP contribution in [0, 0.1) is 0 Å². The molecule has 0 aliphatic carbocycles. The molecule has 0 saturated carbocycles. The number of halogens is 2. The average Bonchev–Trinajstić information content (AvgIpc) is 2.15. The molecule has 0 bridgehead atoms. The van der Waals surface area contributed by atoms with E-state index >= 15 is 0 Å². The van der Waals surface area contributed by atoms with Gasteiger partial charge in [0.25, 0.3) is 0 Å². The van der Waals surface area contributed by atoms with Crippen molar-refractivity contribution in [3.8, 4) is 0 Å². The summed E-state index contributed by atoms with van der Waals surface area (Å²) in [6.07, 6.45) is 0. The van der Waals surface area contributed by atoms with Gasteiger partial charge in [-0.2, -0.15) is 8.78 Å². The Morgan fingerprint density at radius 1 is 1.06 bits per heavy atom. The topological polar surface area (TPSA) is 147 Å². The van der Waals surface area contributed by atoms with E-state index in [0.29, 0.717) is 0 Å². The van der Waals surface area contributed by atoms with Crippen molar-refractivity contribution < 1.29 is 52.5 Å². The van der Waals surface area contributed by atoms with Gasteiger partial charge < -0.3 is 24.5 Å². The molecular formula is C5H3BF2O9. The van der Waals surface area contributed by atoms with E-state index in [2.05, 4.69) is 9.39 Å². The molecule has 0 aromatic heterocycles.